The van der Waals surface area contributed by atoms with Gasteiger partial charge in [-0.2, -0.15) is 0 Å². The molecule has 0 aliphatic rings. The van der Waals surface area contributed by atoms with Gasteiger partial charge in [-0.25, -0.2) is 4.98 Å². The van der Waals surface area contributed by atoms with Crippen LogP contribution in [0.3, 0.4) is 0 Å². The molecule has 0 saturated heterocycles. The van der Waals surface area contributed by atoms with Gasteiger partial charge in [0.15, 0.2) is 0 Å². The third kappa shape index (κ3) is 3.36. The lowest BCUT2D eigenvalue weighted by molar-refractivity contribution is 0.102. The van der Waals surface area contributed by atoms with E-state index in [0.29, 0.717) is 32.8 Å². The van der Waals surface area contributed by atoms with E-state index in [9.17, 15) is 4.79 Å². The third-order valence-electron chi connectivity index (χ3n) is 2.41. The number of hydrogen-bond donors (Lipinski definition) is 2. The van der Waals surface area contributed by atoms with Gasteiger partial charge in [0.25, 0.3) is 5.91 Å². The molecule has 1 heterocycles. The zero-order chi connectivity index (χ0) is 14.0. The third-order valence-corrected chi connectivity index (χ3v) is 2.96. The molecule has 0 aliphatic carbocycles. The maximum absolute atomic E-state index is 12.1. The number of rotatable bonds is 2. The maximum Gasteiger partial charge on any atom is 0.255 e. The van der Waals surface area contributed by atoms with Crippen molar-refractivity contribution in [1.82, 2.24) is 4.98 Å². The van der Waals surface area contributed by atoms with Crippen LogP contribution >= 0.6 is 23.2 Å². The highest BCUT2D eigenvalue weighted by Gasteiger charge is 2.10. The molecule has 3 N–H and O–H groups in total. The molecule has 0 atom stereocenters. The van der Waals surface area contributed by atoms with Crippen LogP contribution < -0.4 is 11.1 Å². The van der Waals surface area contributed by atoms with Gasteiger partial charge < -0.3 is 11.1 Å². The Morgan fingerprint density at radius 3 is 2.63 bits per heavy atom. The van der Waals surface area contributed by atoms with E-state index in [1.807, 2.05) is 0 Å². The fraction of sp³-hybridized carbons (Fsp3) is 0.0769. The maximum atomic E-state index is 12.1. The minimum Gasteiger partial charge on any atom is -0.384 e. The van der Waals surface area contributed by atoms with Crippen molar-refractivity contribution in [3.8, 4) is 0 Å². The van der Waals surface area contributed by atoms with E-state index in [0.717, 1.165) is 0 Å². The second-order valence-electron chi connectivity index (χ2n) is 4.00. The molecule has 2 rings (SSSR count). The Kier molecular flexibility index (Phi) is 3.93. The van der Waals surface area contributed by atoms with Gasteiger partial charge in [-0.05, 0) is 37.3 Å². The Balaban J connectivity index is 2.25. The largest absolute Gasteiger partial charge is 0.384 e. The van der Waals surface area contributed by atoms with Gasteiger partial charge in [-0.15, -0.1) is 0 Å². The van der Waals surface area contributed by atoms with Gasteiger partial charge in [-0.3, -0.25) is 4.79 Å². The summed E-state index contributed by atoms with van der Waals surface area (Å²) in [5.41, 5.74) is 7.20. The number of aryl methyl sites for hydroxylation is 1. The molecule has 1 amide bonds. The molecule has 0 fully saturated rings. The van der Waals surface area contributed by atoms with Gasteiger partial charge in [0.05, 0.1) is 10.7 Å². The lowest BCUT2D eigenvalue weighted by Gasteiger charge is -2.08. The van der Waals surface area contributed by atoms with Crippen molar-refractivity contribution < 1.29 is 4.79 Å². The first-order valence-electron chi connectivity index (χ1n) is 5.46. The highest BCUT2D eigenvalue weighted by molar-refractivity contribution is 6.36. The van der Waals surface area contributed by atoms with Gasteiger partial charge in [0.2, 0.25) is 0 Å². The predicted molar refractivity (Wildman–Crippen MR) is 77.8 cm³/mol. The van der Waals surface area contributed by atoms with Crippen molar-refractivity contribution in [2.24, 2.45) is 0 Å². The van der Waals surface area contributed by atoms with Gasteiger partial charge in [-0.1, -0.05) is 23.2 Å². The van der Waals surface area contributed by atoms with Crippen LogP contribution in [0.15, 0.2) is 30.3 Å². The highest BCUT2D eigenvalue weighted by Crippen LogP contribution is 2.25. The molecule has 98 valence electrons. The summed E-state index contributed by atoms with van der Waals surface area (Å²) in [5.74, 6) is -0.00576. The van der Waals surface area contributed by atoms with E-state index >= 15 is 0 Å². The Morgan fingerprint density at radius 1 is 1.26 bits per heavy atom. The molecule has 4 nitrogen and oxygen atoms in total. The van der Waals surface area contributed by atoms with Crippen LogP contribution in [-0.4, -0.2) is 10.9 Å². The minimum atomic E-state index is -0.304. The molecule has 2 aromatic rings. The van der Waals surface area contributed by atoms with E-state index in [4.69, 9.17) is 28.9 Å². The number of carbonyl (C=O) groups is 1. The summed E-state index contributed by atoms with van der Waals surface area (Å²) in [6.07, 6.45) is 0. The molecular formula is C13H11Cl2N3O. The van der Waals surface area contributed by atoms with Crippen molar-refractivity contribution >= 4 is 40.6 Å². The molecule has 1 aromatic heterocycles. The molecule has 0 aliphatic heterocycles. The van der Waals surface area contributed by atoms with E-state index in [1.54, 1.807) is 31.2 Å². The summed E-state index contributed by atoms with van der Waals surface area (Å²) in [6.45, 7) is 1.77. The first-order chi connectivity index (χ1) is 8.95. The van der Waals surface area contributed by atoms with Crippen LogP contribution in [0, 0.1) is 6.92 Å². The molecule has 1 aromatic carbocycles. The van der Waals surface area contributed by atoms with Gasteiger partial charge >= 0.3 is 0 Å². The number of nitrogens with two attached hydrogens (primary N) is 1. The molecule has 6 heteroatoms. The number of nitrogens with one attached hydrogen (secondary N) is 1. The quantitative estimate of drug-likeness (QED) is 0.890. The highest BCUT2D eigenvalue weighted by atomic mass is 35.5. The molecule has 0 radical (unpaired) electrons. The second-order valence-corrected chi connectivity index (χ2v) is 4.84. The molecular weight excluding hydrogens is 285 g/mol. The molecule has 19 heavy (non-hydrogen) atoms. The SMILES string of the molecule is Cc1cc(C(=O)Nc2ccc(Cl)cc2Cl)cc(N)n1. The normalized spacial score (nSPS) is 10.3. The summed E-state index contributed by atoms with van der Waals surface area (Å²) in [4.78, 5) is 16.1. The summed E-state index contributed by atoms with van der Waals surface area (Å²) in [7, 11) is 0. The van der Waals surface area contributed by atoms with Crippen LogP contribution in [0.2, 0.25) is 10.0 Å². The van der Waals surface area contributed by atoms with Crippen LogP contribution in [0.25, 0.3) is 0 Å². The zero-order valence-electron chi connectivity index (χ0n) is 10.1. The Bertz CT molecular complexity index is 624. The van der Waals surface area contributed by atoms with Crippen LogP contribution in [-0.2, 0) is 0 Å². The first kappa shape index (κ1) is 13.6. The number of anilines is 2. The van der Waals surface area contributed by atoms with Crippen molar-refractivity contribution in [3.63, 3.8) is 0 Å². The lowest BCUT2D eigenvalue weighted by Crippen LogP contribution is -2.13. The average molecular weight is 296 g/mol. The number of aromatic nitrogens is 1. The monoisotopic (exact) mass is 295 g/mol. The van der Waals surface area contributed by atoms with Gasteiger partial charge in [0.1, 0.15) is 5.82 Å². The minimum absolute atomic E-state index is 0.298. The second kappa shape index (κ2) is 5.47. The predicted octanol–water partition coefficient (Wildman–Crippen LogP) is 3.53. The standard InChI is InChI=1S/C13H11Cl2N3O/c1-7-4-8(5-12(16)17-7)13(19)18-11-3-2-9(14)6-10(11)15/h2-6H,1H3,(H2,16,17)(H,18,19). The molecule has 0 spiro atoms. The number of amides is 1. The van der Waals surface area contributed by atoms with Crippen molar-refractivity contribution in [3.05, 3.63) is 51.6 Å². The van der Waals surface area contributed by atoms with E-state index in [2.05, 4.69) is 10.3 Å². The van der Waals surface area contributed by atoms with Crippen LogP contribution in [0.5, 0.6) is 0 Å². The van der Waals surface area contributed by atoms with Crippen LogP contribution in [0.1, 0.15) is 16.1 Å². The van der Waals surface area contributed by atoms with Crippen LogP contribution in [0.4, 0.5) is 11.5 Å². The molecule has 0 unspecified atom stereocenters. The fourth-order valence-electron chi connectivity index (χ4n) is 1.61. The number of pyridine rings is 1. The number of nitrogen functional groups attached to an aromatic ring is 1. The van der Waals surface area contributed by atoms with Gasteiger partial charge in [0, 0.05) is 16.3 Å². The number of hydrogen-bond acceptors (Lipinski definition) is 3. The average Bonchev–Trinajstić information content (AvgIpc) is 2.31. The van der Waals surface area contributed by atoms with E-state index < -0.39 is 0 Å². The first-order valence-corrected chi connectivity index (χ1v) is 6.22. The topological polar surface area (TPSA) is 68.0 Å². The number of carbonyl (C=O) groups excluding carboxylic acids is 1. The number of nitrogens with zero attached hydrogens (tertiary/aromatic N) is 1. The smallest absolute Gasteiger partial charge is 0.255 e. The van der Waals surface area contributed by atoms with Crippen molar-refractivity contribution in [2.45, 2.75) is 6.92 Å². The van der Waals surface area contributed by atoms with Crippen molar-refractivity contribution in [2.75, 3.05) is 11.1 Å². The van der Waals surface area contributed by atoms with Crippen molar-refractivity contribution in [1.29, 1.82) is 0 Å². The fourth-order valence-corrected chi connectivity index (χ4v) is 2.07. The molecule has 0 bridgehead atoms. The molecule has 0 saturated carbocycles. The lowest BCUT2D eigenvalue weighted by atomic mass is 10.2. The Labute approximate surface area is 120 Å². The summed E-state index contributed by atoms with van der Waals surface area (Å²) < 4.78 is 0. The summed E-state index contributed by atoms with van der Waals surface area (Å²) in [5, 5.41) is 3.58. The Hall–Kier alpha value is -1.78. The summed E-state index contributed by atoms with van der Waals surface area (Å²) >= 11 is 11.8. The van der Waals surface area contributed by atoms with E-state index in [-0.39, 0.29) is 5.91 Å². The zero-order valence-corrected chi connectivity index (χ0v) is 11.6. The van der Waals surface area contributed by atoms with E-state index in [1.165, 1.54) is 6.07 Å². The Morgan fingerprint density at radius 2 is 2.00 bits per heavy atom. The number of halogens is 2. The number of benzene rings is 1. The summed E-state index contributed by atoms with van der Waals surface area (Å²) in [6, 6.07) is 8.00.